The van der Waals surface area contributed by atoms with Crippen LogP contribution in [0.2, 0.25) is 5.02 Å². The first kappa shape index (κ1) is 24.0. The third-order valence-corrected chi connectivity index (χ3v) is 9.54. The molecule has 5 unspecified atom stereocenters. The zero-order chi connectivity index (χ0) is 25.3. The van der Waals surface area contributed by atoms with Crippen molar-refractivity contribution in [3.8, 4) is 0 Å². The third-order valence-electron chi connectivity index (χ3n) is 9.29. The average Bonchev–Trinajstić information content (AvgIpc) is 3.35. The summed E-state index contributed by atoms with van der Waals surface area (Å²) < 4.78 is 6.14. The molecular formula is C26H29ClN2O6. The zero-order valence-corrected chi connectivity index (χ0v) is 20.9. The molecule has 2 fully saturated rings. The van der Waals surface area contributed by atoms with E-state index >= 15 is 0 Å². The van der Waals surface area contributed by atoms with Crippen LogP contribution in [0.15, 0.2) is 30.5 Å². The highest BCUT2D eigenvalue weighted by atomic mass is 35.5. The number of fused-ring (bicyclic) bond motifs is 3. The molecule has 2 saturated carbocycles. The number of ether oxygens (including phenoxy) is 1. The molecule has 2 heterocycles. The highest BCUT2D eigenvalue weighted by molar-refractivity contribution is 6.30. The fourth-order valence-electron chi connectivity index (χ4n) is 7.20. The van der Waals surface area contributed by atoms with E-state index in [0.717, 1.165) is 29.5 Å². The summed E-state index contributed by atoms with van der Waals surface area (Å²) in [4.78, 5) is 34.4. The van der Waals surface area contributed by atoms with Crippen molar-refractivity contribution in [2.75, 3.05) is 0 Å². The molecule has 1 N–H and O–H groups in total. The standard InChI is InChI=1S/C26H29ClN2O6/c1-13-19(17-12-34-22(16(17)11-28-13)14-5-7-15(27)8-6-14)21(24(30)31)20-18-9-10-26(4,25(18,2)3)23(20)35-29(32)33/h5-8,11,18,20-23H,9-10,12H2,1-4H3,(H,30,31)/t18?,20?,21-,22?,23?,26?/m1/s1. The molecule has 0 radical (unpaired) electrons. The molecule has 1 aliphatic heterocycles. The van der Waals surface area contributed by atoms with E-state index in [2.05, 4.69) is 18.8 Å². The topological polar surface area (TPSA) is 112 Å². The van der Waals surface area contributed by atoms with Gasteiger partial charge in [-0.2, -0.15) is 0 Å². The van der Waals surface area contributed by atoms with Crippen molar-refractivity contribution in [1.82, 2.24) is 4.98 Å². The number of carboxylic acid groups (broad SMARTS) is 1. The lowest BCUT2D eigenvalue weighted by Gasteiger charge is -2.39. The maximum atomic E-state index is 12.9. The van der Waals surface area contributed by atoms with Crippen molar-refractivity contribution in [2.24, 2.45) is 22.7 Å². The summed E-state index contributed by atoms with van der Waals surface area (Å²) in [5.41, 5.74) is 2.90. The summed E-state index contributed by atoms with van der Waals surface area (Å²) >= 11 is 6.05. The van der Waals surface area contributed by atoms with Crippen molar-refractivity contribution in [3.63, 3.8) is 0 Å². The summed E-state index contributed by atoms with van der Waals surface area (Å²) in [6.07, 6.45) is 2.11. The van der Waals surface area contributed by atoms with Gasteiger partial charge in [-0.3, -0.25) is 9.78 Å². The minimum atomic E-state index is -1.02. The quantitative estimate of drug-likeness (QED) is 0.412. The van der Waals surface area contributed by atoms with Gasteiger partial charge in [0.2, 0.25) is 0 Å². The number of benzene rings is 1. The maximum absolute atomic E-state index is 12.9. The number of hydrogen-bond acceptors (Lipinski definition) is 6. The fourth-order valence-corrected chi connectivity index (χ4v) is 7.33. The fraction of sp³-hybridized carbons (Fsp3) is 0.538. The van der Waals surface area contributed by atoms with Crippen LogP contribution < -0.4 is 0 Å². The van der Waals surface area contributed by atoms with Gasteiger partial charge in [-0.1, -0.05) is 44.5 Å². The van der Waals surface area contributed by atoms with E-state index < -0.39 is 34.4 Å². The molecule has 2 bridgehead atoms. The Morgan fingerprint density at radius 1 is 1.31 bits per heavy atom. The molecular weight excluding hydrogens is 472 g/mol. The number of carbonyl (C=O) groups is 1. The second kappa shape index (κ2) is 8.17. The maximum Gasteiger partial charge on any atom is 0.311 e. The molecule has 6 atom stereocenters. The van der Waals surface area contributed by atoms with Crippen molar-refractivity contribution in [3.05, 3.63) is 73.5 Å². The SMILES string of the molecule is Cc1ncc2c(c1[C@@H](C(=O)O)C1C3CCC(C)(C1O[N+](=O)[O-])C3(C)C)COC2c1ccc(Cl)cc1. The minimum Gasteiger partial charge on any atom is -0.481 e. The molecule has 5 rings (SSSR count). The van der Waals surface area contributed by atoms with Gasteiger partial charge in [0.1, 0.15) is 12.2 Å². The molecule has 1 aromatic carbocycles. The summed E-state index contributed by atoms with van der Waals surface area (Å²) in [7, 11) is 0. The third kappa shape index (κ3) is 3.44. The lowest BCUT2D eigenvalue weighted by Crippen LogP contribution is -2.44. The van der Waals surface area contributed by atoms with Crippen LogP contribution in [0.1, 0.15) is 73.6 Å². The number of hydrogen-bond donors (Lipinski definition) is 1. The molecule has 35 heavy (non-hydrogen) atoms. The Morgan fingerprint density at radius 3 is 2.63 bits per heavy atom. The van der Waals surface area contributed by atoms with Gasteiger partial charge >= 0.3 is 5.97 Å². The number of nitrogens with zero attached hydrogens (tertiary/aromatic N) is 2. The molecule has 8 nitrogen and oxygen atoms in total. The Labute approximate surface area is 208 Å². The Kier molecular flexibility index (Phi) is 5.60. The zero-order valence-electron chi connectivity index (χ0n) is 20.2. The van der Waals surface area contributed by atoms with Crippen molar-refractivity contribution >= 4 is 17.6 Å². The highest BCUT2D eigenvalue weighted by Crippen LogP contribution is 2.71. The number of aryl methyl sites for hydroxylation is 1. The number of carboxylic acids is 1. The van der Waals surface area contributed by atoms with Crippen molar-refractivity contribution < 1.29 is 24.6 Å². The molecule has 9 heteroatoms. The molecule has 3 aliphatic rings. The summed E-state index contributed by atoms with van der Waals surface area (Å²) in [6, 6.07) is 7.35. The number of aromatic nitrogens is 1. The summed E-state index contributed by atoms with van der Waals surface area (Å²) in [6.45, 7) is 8.20. The predicted molar refractivity (Wildman–Crippen MR) is 127 cm³/mol. The van der Waals surface area contributed by atoms with Crippen LogP contribution in [0, 0.1) is 39.7 Å². The molecule has 0 spiro atoms. The van der Waals surface area contributed by atoms with Crippen molar-refractivity contribution in [1.29, 1.82) is 0 Å². The van der Waals surface area contributed by atoms with Gasteiger partial charge in [-0.25, -0.2) is 0 Å². The lowest BCUT2D eigenvalue weighted by atomic mass is 9.69. The summed E-state index contributed by atoms with van der Waals surface area (Å²) in [5.74, 6) is -2.62. The van der Waals surface area contributed by atoms with E-state index in [1.54, 1.807) is 25.3 Å². The van der Waals surface area contributed by atoms with Gasteiger partial charge in [0, 0.05) is 28.4 Å². The van der Waals surface area contributed by atoms with Crippen LogP contribution in [0.4, 0.5) is 0 Å². The number of aliphatic carboxylic acids is 1. The first-order chi connectivity index (χ1) is 16.5. The van der Waals surface area contributed by atoms with Gasteiger partial charge < -0.3 is 14.7 Å². The Morgan fingerprint density at radius 2 is 2.00 bits per heavy atom. The van der Waals surface area contributed by atoms with Crippen LogP contribution >= 0.6 is 11.6 Å². The molecule has 0 saturated heterocycles. The van der Waals surface area contributed by atoms with E-state index in [-0.39, 0.29) is 24.0 Å². The first-order valence-corrected chi connectivity index (χ1v) is 12.2. The minimum absolute atomic E-state index is 0.0387. The monoisotopic (exact) mass is 500 g/mol. The van der Waals surface area contributed by atoms with Crippen LogP contribution in [0.5, 0.6) is 0 Å². The number of pyridine rings is 1. The van der Waals surface area contributed by atoms with Gasteiger partial charge in [-0.15, -0.1) is 10.1 Å². The van der Waals surface area contributed by atoms with Crippen LogP contribution in [-0.2, 0) is 21.0 Å². The Bertz CT molecular complexity index is 1200. The Balaban J connectivity index is 1.64. The molecule has 0 amide bonds. The van der Waals surface area contributed by atoms with Gasteiger partial charge in [0.25, 0.3) is 5.09 Å². The highest BCUT2D eigenvalue weighted by Gasteiger charge is 2.70. The van der Waals surface area contributed by atoms with E-state index in [0.29, 0.717) is 16.3 Å². The number of rotatable bonds is 6. The second-order valence-electron chi connectivity index (χ2n) is 10.9. The van der Waals surface area contributed by atoms with Crippen LogP contribution in [0.3, 0.4) is 0 Å². The summed E-state index contributed by atoms with van der Waals surface area (Å²) in [5, 5.41) is 22.0. The van der Waals surface area contributed by atoms with Gasteiger partial charge in [0.05, 0.1) is 12.5 Å². The van der Waals surface area contributed by atoms with Crippen LogP contribution in [-0.4, -0.2) is 27.3 Å². The van der Waals surface area contributed by atoms with E-state index in [1.807, 2.05) is 19.1 Å². The van der Waals surface area contributed by atoms with E-state index in [1.165, 1.54) is 0 Å². The largest absolute Gasteiger partial charge is 0.481 e. The normalized spacial score (nSPS) is 31.2. The first-order valence-electron chi connectivity index (χ1n) is 11.9. The molecule has 2 aromatic rings. The average molecular weight is 501 g/mol. The molecule has 186 valence electrons. The molecule has 2 aliphatic carbocycles. The number of halogens is 1. The van der Waals surface area contributed by atoms with E-state index in [4.69, 9.17) is 21.2 Å². The van der Waals surface area contributed by atoms with Gasteiger partial charge in [-0.05, 0) is 65.3 Å². The predicted octanol–water partition coefficient (Wildman–Crippen LogP) is 5.48. The van der Waals surface area contributed by atoms with Gasteiger partial charge in [0.15, 0.2) is 0 Å². The Hall–Kier alpha value is -2.71. The lowest BCUT2D eigenvalue weighted by molar-refractivity contribution is -0.774. The van der Waals surface area contributed by atoms with E-state index in [9.17, 15) is 20.0 Å². The molecule has 1 aromatic heterocycles. The van der Waals surface area contributed by atoms with Crippen LogP contribution in [0.25, 0.3) is 0 Å². The second-order valence-corrected chi connectivity index (χ2v) is 11.3. The van der Waals surface area contributed by atoms with Crippen molar-refractivity contribution in [2.45, 2.75) is 65.3 Å². The smallest absolute Gasteiger partial charge is 0.311 e.